The van der Waals surface area contributed by atoms with Gasteiger partial charge in [-0.05, 0) is 55.9 Å². The van der Waals surface area contributed by atoms with Crippen LogP contribution in [0.4, 0.5) is 4.79 Å². The van der Waals surface area contributed by atoms with Crippen molar-refractivity contribution in [2.75, 3.05) is 0 Å². The van der Waals surface area contributed by atoms with Crippen LogP contribution in [0.5, 0.6) is 0 Å². The lowest BCUT2D eigenvalue weighted by Gasteiger charge is -2.43. The number of nitrogens with one attached hydrogen (secondary N) is 2. The van der Waals surface area contributed by atoms with E-state index in [4.69, 9.17) is 11.6 Å². The summed E-state index contributed by atoms with van der Waals surface area (Å²) in [6.45, 7) is 2.00. The number of hydrogen-bond acceptors (Lipinski definition) is 1. The Hall–Kier alpha value is -2.00. The number of carbonyl (C=O) groups is 1. The lowest BCUT2D eigenvalue weighted by Crippen LogP contribution is -2.57. The molecule has 2 N–H and O–H groups in total. The molecule has 1 aliphatic carbocycles. The van der Waals surface area contributed by atoms with Gasteiger partial charge in [-0.3, -0.25) is 0 Å². The zero-order chi connectivity index (χ0) is 17.0. The molecule has 126 valence electrons. The lowest BCUT2D eigenvalue weighted by atomic mass is 9.73. The van der Waals surface area contributed by atoms with E-state index in [1.807, 2.05) is 61.5 Å². The van der Waals surface area contributed by atoms with Crippen molar-refractivity contribution in [3.8, 4) is 0 Å². The van der Waals surface area contributed by atoms with Crippen molar-refractivity contribution in [2.24, 2.45) is 0 Å². The van der Waals surface area contributed by atoms with Gasteiger partial charge in [0.15, 0.2) is 0 Å². The molecular formula is C20H23ClN2O. The lowest BCUT2D eigenvalue weighted by molar-refractivity contribution is 0.174. The summed E-state index contributed by atoms with van der Waals surface area (Å²) in [6, 6.07) is 17.8. The van der Waals surface area contributed by atoms with Gasteiger partial charge in [0.2, 0.25) is 0 Å². The third-order valence-corrected chi connectivity index (χ3v) is 5.04. The van der Waals surface area contributed by atoms with Crippen molar-refractivity contribution in [3.05, 3.63) is 70.7 Å². The highest BCUT2D eigenvalue weighted by Crippen LogP contribution is 2.35. The van der Waals surface area contributed by atoms with Crippen LogP contribution in [-0.4, -0.2) is 11.6 Å². The molecule has 0 radical (unpaired) electrons. The maximum Gasteiger partial charge on any atom is 0.315 e. The Kier molecular flexibility index (Phi) is 5.10. The fourth-order valence-electron chi connectivity index (χ4n) is 3.24. The van der Waals surface area contributed by atoms with E-state index in [9.17, 15) is 4.79 Å². The van der Waals surface area contributed by atoms with Crippen LogP contribution >= 0.6 is 11.6 Å². The molecule has 2 aromatic carbocycles. The first-order valence-corrected chi connectivity index (χ1v) is 8.82. The Morgan fingerprint density at radius 3 is 2.38 bits per heavy atom. The second kappa shape index (κ2) is 7.27. The van der Waals surface area contributed by atoms with E-state index in [0.29, 0.717) is 0 Å². The summed E-state index contributed by atoms with van der Waals surface area (Å²) < 4.78 is 0. The predicted molar refractivity (Wildman–Crippen MR) is 98.3 cm³/mol. The number of amides is 2. The molecule has 0 aromatic heterocycles. The molecular weight excluding hydrogens is 320 g/mol. The molecule has 3 nitrogen and oxygen atoms in total. The highest BCUT2D eigenvalue weighted by Gasteiger charge is 2.38. The first-order chi connectivity index (χ1) is 11.6. The van der Waals surface area contributed by atoms with Gasteiger partial charge in [-0.25, -0.2) is 4.79 Å². The van der Waals surface area contributed by atoms with Gasteiger partial charge >= 0.3 is 6.03 Å². The Morgan fingerprint density at radius 2 is 1.79 bits per heavy atom. The van der Waals surface area contributed by atoms with E-state index < -0.39 is 0 Å². The fourth-order valence-corrected chi connectivity index (χ4v) is 3.37. The normalized spacial score (nSPS) is 16.8. The molecule has 1 unspecified atom stereocenters. The van der Waals surface area contributed by atoms with Crippen LogP contribution in [0, 0.1) is 0 Å². The van der Waals surface area contributed by atoms with Crippen molar-refractivity contribution in [3.63, 3.8) is 0 Å². The van der Waals surface area contributed by atoms with Gasteiger partial charge in [0, 0.05) is 10.6 Å². The number of benzene rings is 2. The SMILES string of the molecule is CC(NC(=O)NC1(Cc2ccc(Cl)cc2)CCC1)c1ccccc1. The average molecular weight is 343 g/mol. The minimum Gasteiger partial charge on any atom is -0.332 e. The van der Waals surface area contributed by atoms with Gasteiger partial charge in [-0.2, -0.15) is 0 Å². The Balaban J connectivity index is 1.60. The topological polar surface area (TPSA) is 41.1 Å². The Morgan fingerprint density at radius 1 is 1.12 bits per heavy atom. The summed E-state index contributed by atoms with van der Waals surface area (Å²) in [6.07, 6.45) is 4.03. The van der Waals surface area contributed by atoms with Crippen LogP contribution < -0.4 is 10.6 Å². The first kappa shape index (κ1) is 16.8. The zero-order valence-electron chi connectivity index (χ0n) is 13.9. The van der Waals surface area contributed by atoms with E-state index in [1.165, 1.54) is 5.56 Å². The van der Waals surface area contributed by atoms with Gasteiger partial charge in [0.25, 0.3) is 0 Å². The molecule has 3 rings (SSSR count). The second-order valence-electron chi connectivity index (χ2n) is 6.67. The molecule has 2 aromatic rings. The number of halogens is 1. The third kappa shape index (κ3) is 4.09. The standard InChI is InChI=1S/C20H23ClN2O/c1-15(17-6-3-2-4-7-17)22-19(24)23-20(12-5-13-20)14-16-8-10-18(21)11-9-16/h2-4,6-11,15H,5,12-14H2,1H3,(H2,22,23,24). The van der Waals surface area contributed by atoms with Crippen LogP contribution in [0.15, 0.2) is 54.6 Å². The summed E-state index contributed by atoms with van der Waals surface area (Å²) in [7, 11) is 0. The highest BCUT2D eigenvalue weighted by molar-refractivity contribution is 6.30. The van der Waals surface area contributed by atoms with Gasteiger partial charge in [0.05, 0.1) is 6.04 Å². The molecule has 1 atom stereocenters. The summed E-state index contributed by atoms with van der Waals surface area (Å²) in [5.74, 6) is 0. The Labute approximate surface area is 148 Å². The van der Waals surface area contributed by atoms with Crippen LogP contribution in [0.1, 0.15) is 43.4 Å². The molecule has 24 heavy (non-hydrogen) atoms. The Bertz CT molecular complexity index is 681. The molecule has 0 heterocycles. The minimum absolute atomic E-state index is 0.0149. The number of urea groups is 1. The minimum atomic E-state index is -0.131. The van der Waals surface area contributed by atoms with Crippen molar-refractivity contribution >= 4 is 17.6 Å². The molecule has 1 saturated carbocycles. The van der Waals surface area contributed by atoms with E-state index in [2.05, 4.69) is 10.6 Å². The molecule has 4 heteroatoms. The number of hydrogen-bond donors (Lipinski definition) is 2. The maximum absolute atomic E-state index is 12.4. The van der Waals surface area contributed by atoms with Gasteiger partial charge in [0.1, 0.15) is 0 Å². The van der Waals surface area contributed by atoms with E-state index in [0.717, 1.165) is 36.3 Å². The third-order valence-electron chi connectivity index (χ3n) is 4.79. The quantitative estimate of drug-likeness (QED) is 0.800. The molecule has 0 saturated heterocycles. The van der Waals surface area contributed by atoms with Crippen LogP contribution in [0.2, 0.25) is 5.02 Å². The summed E-state index contributed by atoms with van der Waals surface area (Å²) in [5, 5.41) is 6.99. The first-order valence-electron chi connectivity index (χ1n) is 8.44. The summed E-state index contributed by atoms with van der Waals surface area (Å²) in [4.78, 5) is 12.4. The molecule has 2 amide bonds. The largest absolute Gasteiger partial charge is 0.332 e. The van der Waals surface area contributed by atoms with Crippen LogP contribution in [0.3, 0.4) is 0 Å². The predicted octanol–water partition coefficient (Wildman–Crippen LogP) is 4.87. The highest BCUT2D eigenvalue weighted by atomic mass is 35.5. The number of carbonyl (C=O) groups excluding carboxylic acids is 1. The summed E-state index contributed by atoms with van der Waals surface area (Å²) >= 11 is 5.95. The van der Waals surface area contributed by atoms with E-state index in [-0.39, 0.29) is 17.6 Å². The second-order valence-corrected chi connectivity index (χ2v) is 7.10. The van der Waals surface area contributed by atoms with Crippen LogP contribution in [-0.2, 0) is 6.42 Å². The molecule has 0 spiro atoms. The maximum atomic E-state index is 12.4. The monoisotopic (exact) mass is 342 g/mol. The van der Waals surface area contributed by atoms with Crippen molar-refractivity contribution in [1.82, 2.24) is 10.6 Å². The van der Waals surface area contributed by atoms with Gasteiger partial charge in [-0.1, -0.05) is 54.1 Å². The molecule has 0 bridgehead atoms. The molecule has 1 aliphatic rings. The van der Waals surface area contributed by atoms with E-state index in [1.54, 1.807) is 0 Å². The fraction of sp³-hybridized carbons (Fsp3) is 0.350. The molecule has 0 aliphatic heterocycles. The van der Waals surface area contributed by atoms with Crippen molar-refractivity contribution in [2.45, 2.75) is 44.2 Å². The average Bonchev–Trinajstić information content (AvgIpc) is 2.55. The van der Waals surface area contributed by atoms with E-state index >= 15 is 0 Å². The molecule has 1 fully saturated rings. The van der Waals surface area contributed by atoms with Crippen molar-refractivity contribution < 1.29 is 4.79 Å². The smallest absolute Gasteiger partial charge is 0.315 e. The summed E-state index contributed by atoms with van der Waals surface area (Å²) in [5.41, 5.74) is 2.18. The van der Waals surface area contributed by atoms with Gasteiger partial charge in [-0.15, -0.1) is 0 Å². The zero-order valence-corrected chi connectivity index (χ0v) is 14.6. The van der Waals surface area contributed by atoms with Crippen LogP contribution in [0.25, 0.3) is 0 Å². The number of rotatable bonds is 5. The van der Waals surface area contributed by atoms with Gasteiger partial charge < -0.3 is 10.6 Å². The van der Waals surface area contributed by atoms with Crippen molar-refractivity contribution in [1.29, 1.82) is 0 Å².